The second kappa shape index (κ2) is 6.90. The molecule has 0 spiro atoms. The van der Waals surface area contributed by atoms with Crippen molar-refractivity contribution in [1.82, 2.24) is 14.7 Å². The Bertz CT molecular complexity index is 615. The molecule has 0 unspecified atom stereocenters. The van der Waals surface area contributed by atoms with Crippen LogP contribution in [0.25, 0.3) is 11.0 Å². The normalized spacial score (nSPS) is 11.8. The maximum absolute atomic E-state index is 11.7. The number of thiazole rings is 1. The molecule has 2 heterocycles. The Morgan fingerprint density at radius 3 is 3.15 bits per heavy atom. The van der Waals surface area contributed by atoms with Gasteiger partial charge in [-0.15, -0.1) is 11.3 Å². The third-order valence-corrected chi connectivity index (χ3v) is 3.94. The van der Waals surface area contributed by atoms with Crippen LogP contribution in [-0.4, -0.2) is 21.8 Å². The molecule has 0 aliphatic rings. The summed E-state index contributed by atoms with van der Waals surface area (Å²) in [7, 11) is 0. The highest BCUT2D eigenvalue weighted by Gasteiger charge is 2.08. The van der Waals surface area contributed by atoms with Gasteiger partial charge in [-0.1, -0.05) is 25.4 Å². The summed E-state index contributed by atoms with van der Waals surface area (Å²) in [6, 6.07) is 0. The molecule has 0 bridgehead atoms. The molecule has 0 aromatic carbocycles. The van der Waals surface area contributed by atoms with Gasteiger partial charge in [-0.2, -0.15) is 0 Å². The van der Waals surface area contributed by atoms with Gasteiger partial charge in [0.1, 0.15) is 0 Å². The zero-order valence-electron chi connectivity index (χ0n) is 11.6. The van der Waals surface area contributed by atoms with Crippen molar-refractivity contribution in [1.29, 1.82) is 0 Å². The number of hydrogen-bond acceptors (Lipinski definition) is 3. The van der Waals surface area contributed by atoms with Gasteiger partial charge >= 0.3 is 0 Å². The number of fused-ring (bicyclic) bond motifs is 1. The fourth-order valence-electron chi connectivity index (χ4n) is 1.86. The fraction of sp³-hybridized carbons (Fsp3) is 0.429. The van der Waals surface area contributed by atoms with Crippen molar-refractivity contribution >= 4 is 39.9 Å². The Labute approximate surface area is 127 Å². The summed E-state index contributed by atoms with van der Waals surface area (Å²) in [5.74, 6) is 0.565. The molecule has 20 heavy (non-hydrogen) atoms. The minimum atomic E-state index is -0.102. The maximum Gasteiger partial charge on any atom is 0.244 e. The number of nitrogens with one attached hydrogen (secondary N) is 1. The van der Waals surface area contributed by atoms with E-state index in [-0.39, 0.29) is 5.91 Å². The first-order chi connectivity index (χ1) is 9.58. The predicted octanol–water partition coefficient (Wildman–Crippen LogP) is 3.61. The lowest BCUT2D eigenvalue weighted by atomic mass is 10.1. The third-order valence-electron chi connectivity index (χ3n) is 2.90. The van der Waals surface area contributed by atoms with E-state index in [9.17, 15) is 4.79 Å². The molecule has 108 valence electrons. The molecule has 1 N–H and O–H groups in total. The fourth-order valence-corrected chi connectivity index (χ4v) is 2.87. The van der Waals surface area contributed by atoms with E-state index in [0.29, 0.717) is 17.6 Å². The molecule has 0 atom stereocenters. The van der Waals surface area contributed by atoms with E-state index in [0.717, 1.165) is 23.5 Å². The molecule has 1 amide bonds. The van der Waals surface area contributed by atoms with E-state index in [1.165, 1.54) is 17.4 Å². The van der Waals surface area contributed by atoms with Gasteiger partial charge in [-0.25, -0.2) is 4.98 Å². The summed E-state index contributed by atoms with van der Waals surface area (Å²) in [5, 5.41) is 5.22. The number of aromatic nitrogens is 2. The standard InChI is InChI=1S/C14H18ClN3OS/c1-10(2)4-3-7-16-12(19)6-5-11-13(15)17-14-18(11)8-9-20-14/h5-6,8-10H,3-4,7H2,1-2H3,(H,16,19)/b6-5+. The van der Waals surface area contributed by atoms with Gasteiger partial charge in [-0.3, -0.25) is 9.20 Å². The minimum absolute atomic E-state index is 0.102. The van der Waals surface area contributed by atoms with Crippen LogP contribution in [0.3, 0.4) is 0 Å². The molecular weight excluding hydrogens is 294 g/mol. The number of rotatable bonds is 6. The first-order valence-corrected chi connectivity index (χ1v) is 7.90. The van der Waals surface area contributed by atoms with Crippen molar-refractivity contribution in [2.75, 3.05) is 6.54 Å². The summed E-state index contributed by atoms with van der Waals surface area (Å²) in [4.78, 5) is 16.7. The Balaban J connectivity index is 1.90. The van der Waals surface area contributed by atoms with E-state index in [4.69, 9.17) is 11.6 Å². The average Bonchev–Trinajstić information content (AvgIpc) is 2.93. The molecule has 0 fully saturated rings. The number of halogens is 1. The maximum atomic E-state index is 11.7. The molecule has 2 aromatic heterocycles. The van der Waals surface area contributed by atoms with Gasteiger partial charge in [0.05, 0.1) is 5.69 Å². The first-order valence-electron chi connectivity index (χ1n) is 6.65. The average molecular weight is 312 g/mol. The monoisotopic (exact) mass is 311 g/mol. The summed E-state index contributed by atoms with van der Waals surface area (Å²) >= 11 is 7.55. The Morgan fingerprint density at radius 1 is 1.60 bits per heavy atom. The lowest BCUT2D eigenvalue weighted by Gasteiger charge is -2.04. The number of amides is 1. The highest BCUT2D eigenvalue weighted by Crippen LogP contribution is 2.22. The molecule has 2 rings (SSSR count). The van der Waals surface area contributed by atoms with Gasteiger partial charge in [0.2, 0.25) is 5.91 Å². The van der Waals surface area contributed by atoms with Crippen LogP contribution in [0.1, 0.15) is 32.4 Å². The lowest BCUT2D eigenvalue weighted by molar-refractivity contribution is -0.116. The van der Waals surface area contributed by atoms with Crippen molar-refractivity contribution in [3.8, 4) is 0 Å². The van der Waals surface area contributed by atoms with Crippen molar-refractivity contribution in [3.63, 3.8) is 0 Å². The van der Waals surface area contributed by atoms with Crippen LogP contribution >= 0.6 is 22.9 Å². The third kappa shape index (κ3) is 3.84. The molecule has 6 heteroatoms. The van der Waals surface area contributed by atoms with E-state index >= 15 is 0 Å². The highest BCUT2D eigenvalue weighted by atomic mass is 35.5. The largest absolute Gasteiger partial charge is 0.353 e. The summed E-state index contributed by atoms with van der Waals surface area (Å²) in [6.45, 7) is 5.06. The first kappa shape index (κ1) is 15.1. The molecule has 0 saturated heterocycles. The van der Waals surface area contributed by atoms with Gasteiger partial charge in [0.25, 0.3) is 0 Å². The van der Waals surface area contributed by atoms with Crippen molar-refractivity contribution < 1.29 is 4.79 Å². The summed E-state index contributed by atoms with van der Waals surface area (Å²) in [6.07, 6.45) is 7.21. The summed E-state index contributed by atoms with van der Waals surface area (Å²) in [5.41, 5.74) is 0.736. The molecule has 4 nitrogen and oxygen atoms in total. The van der Waals surface area contributed by atoms with Crippen LogP contribution in [0.2, 0.25) is 5.15 Å². The number of hydrogen-bond donors (Lipinski definition) is 1. The van der Waals surface area contributed by atoms with E-state index < -0.39 is 0 Å². The number of carbonyl (C=O) groups is 1. The van der Waals surface area contributed by atoms with Gasteiger partial charge < -0.3 is 5.32 Å². The van der Waals surface area contributed by atoms with Crippen LogP contribution in [0.15, 0.2) is 17.7 Å². The quantitative estimate of drug-likeness (QED) is 0.654. The lowest BCUT2D eigenvalue weighted by Crippen LogP contribution is -2.22. The smallest absolute Gasteiger partial charge is 0.244 e. The second-order valence-electron chi connectivity index (χ2n) is 5.00. The topological polar surface area (TPSA) is 46.4 Å². The second-order valence-corrected chi connectivity index (χ2v) is 6.23. The van der Waals surface area contributed by atoms with Crippen molar-refractivity contribution in [3.05, 3.63) is 28.5 Å². The Morgan fingerprint density at radius 2 is 2.40 bits per heavy atom. The predicted molar refractivity (Wildman–Crippen MR) is 84.2 cm³/mol. The zero-order valence-corrected chi connectivity index (χ0v) is 13.2. The highest BCUT2D eigenvalue weighted by molar-refractivity contribution is 7.15. The van der Waals surface area contributed by atoms with Gasteiger partial charge in [0, 0.05) is 24.2 Å². The Kier molecular flexibility index (Phi) is 5.20. The van der Waals surface area contributed by atoms with Gasteiger partial charge in [-0.05, 0) is 24.8 Å². The minimum Gasteiger partial charge on any atom is -0.353 e. The summed E-state index contributed by atoms with van der Waals surface area (Å²) < 4.78 is 1.87. The van der Waals surface area contributed by atoms with Crippen molar-refractivity contribution in [2.45, 2.75) is 26.7 Å². The SMILES string of the molecule is CC(C)CCCNC(=O)/C=C/c1c(Cl)nc2sccn12. The van der Waals surface area contributed by atoms with Crippen LogP contribution in [-0.2, 0) is 4.79 Å². The van der Waals surface area contributed by atoms with Crippen LogP contribution < -0.4 is 5.32 Å². The molecule has 0 aliphatic carbocycles. The van der Waals surface area contributed by atoms with Crippen LogP contribution in [0, 0.1) is 5.92 Å². The molecule has 2 aromatic rings. The van der Waals surface area contributed by atoms with E-state index in [2.05, 4.69) is 24.1 Å². The molecule has 0 radical (unpaired) electrons. The Hall–Kier alpha value is -1.33. The zero-order chi connectivity index (χ0) is 14.5. The van der Waals surface area contributed by atoms with Crippen molar-refractivity contribution in [2.24, 2.45) is 5.92 Å². The van der Waals surface area contributed by atoms with Crippen LogP contribution in [0.4, 0.5) is 0 Å². The number of imidazole rings is 1. The van der Waals surface area contributed by atoms with E-state index in [1.54, 1.807) is 6.08 Å². The molecule has 0 aliphatic heterocycles. The van der Waals surface area contributed by atoms with Gasteiger partial charge in [0.15, 0.2) is 10.1 Å². The van der Waals surface area contributed by atoms with E-state index in [1.807, 2.05) is 16.0 Å². The molecular formula is C14H18ClN3OS. The number of nitrogens with zero attached hydrogens (tertiary/aromatic N) is 2. The van der Waals surface area contributed by atoms with Crippen LogP contribution in [0.5, 0.6) is 0 Å². The number of carbonyl (C=O) groups excluding carboxylic acids is 1. The molecule has 0 saturated carbocycles.